The van der Waals surface area contributed by atoms with Gasteiger partial charge in [0.15, 0.2) is 0 Å². The molecule has 1 aliphatic rings. The van der Waals surface area contributed by atoms with Gasteiger partial charge in [-0.15, -0.1) is 0 Å². The lowest BCUT2D eigenvalue weighted by molar-refractivity contribution is -0.123. The van der Waals surface area contributed by atoms with Crippen molar-refractivity contribution in [2.75, 3.05) is 24.6 Å². The van der Waals surface area contributed by atoms with Crippen LogP contribution in [0.25, 0.3) is 0 Å². The lowest BCUT2D eigenvalue weighted by atomic mass is 9.99. The highest BCUT2D eigenvalue weighted by Gasteiger charge is 2.20. The van der Waals surface area contributed by atoms with E-state index in [1.807, 2.05) is 11.8 Å². The zero-order chi connectivity index (χ0) is 11.1. The molecule has 0 aromatic rings. The summed E-state index contributed by atoms with van der Waals surface area (Å²) in [6.07, 6.45) is 1.77. The van der Waals surface area contributed by atoms with Gasteiger partial charge in [-0.05, 0) is 43.9 Å². The van der Waals surface area contributed by atoms with Crippen LogP contribution in [0.2, 0.25) is 0 Å². The van der Waals surface area contributed by atoms with Crippen molar-refractivity contribution in [1.82, 2.24) is 10.6 Å². The summed E-state index contributed by atoms with van der Waals surface area (Å²) in [5, 5.41) is 6.24. The van der Waals surface area contributed by atoms with Crippen LogP contribution in [0, 0.1) is 5.92 Å². The molecule has 0 radical (unpaired) electrons. The molecule has 1 atom stereocenters. The minimum atomic E-state index is 0.218. The SMILES string of the molecule is CCSCCC(C)NC(=O)CC1CNC1. The number of nitrogens with one attached hydrogen (secondary N) is 2. The Kier molecular flexibility index (Phi) is 6.10. The molecule has 1 saturated heterocycles. The number of hydrogen-bond donors (Lipinski definition) is 2. The smallest absolute Gasteiger partial charge is 0.220 e. The van der Waals surface area contributed by atoms with E-state index in [0.29, 0.717) is 18.4 Å². The first-order valence-corrected chi connectivity index (χ1v) is 6.95. The molecule has 88 valence electrons. The maximum Gasteiger partial charge on any atom is 0.220 e. The van der Waals surface area contributed by atoms with Crippen molar-refractivity contribution < 1.29 is 4.79 Å². The lowest BCUT2D eigenvalue weighted by Crippen LogP contribution is -2.45. The monoisotopic (exact) mass is 230 g/mol. The number of amides is 1. The molecule has 0 aromatic heterocycles. The van der Waals surface area contributed by atoms with Crippen LogP contribution in [-0.2, 0) is 4.79 Å². The number of carbonyl (C=O) groups is 1. The molecule has 0 spiro atoms. The summed E-state index contributed by atoms with van der Waals surface area (Å²) in [5.41, 5.74) is 0. The second-order valence-corrected chi connectivity index (χ2v) is 5.58. The first kappa shape index (κ1) is 12.8. The molecule has 3 nitrogen and oxygen atoms in total. The number of thioether (sulfide) groups is 1. The molecule has 0 aliphatic carbocycles. The first-order chi connectivity index (χ1) is 7.22. The Bertz CT molecular complexity index is 195. The Labute approximate surface area is 96.8 Å². The van der Waals surface area contributed by atoms with Crippen molar-refractivity contribution in [3.05, 3.63) is 0 Å². The molecule has 4 heteroatoms. The number of rotatable bonds is 7. The van der Waals surface area contributed by atoms with Crippen molar-refractivity contribution in [2.24, 2.45) is 5.92 Å². The molecular formula is C11H22N2OS. The summed E-state index contributed by atoms with van der Waals surface area (Å²) in [7, 11) is 0. The van der Waals surface area contributed by atoms with Gasteiger partial charge in [-0.1, -0.05) is 6.92 Å². The Morgan fingerprint density at radius 1 is 1.60 bits per heavy atom. The Balaban J connectivity index is 2.02. The molecule has 1 unspecified atom stereocenters. The van der Waals surface area contributed by atoms with Gasteiger partial charge in [0.25, 0.3) is 0 Å². The Morgan fingerprint density at radius 2 is 2.33 bits per heavy atom. The standard InChI is InChI=1S/C11H22N2OS/c1-3-15-5-4-9(2)13-11(14)6-10-7-12-8-10/h9-10,12H,3-8H2,1-2H3,(H,13,14). The first-order valence-electron chi connectivity index (χ1n) is 5.80. The third-order valence-electron chi connectivity index (χ3n) is 2.65. The van der Waals surface area contributed by atoms with E-state index in [2.05, 4.69) is 24.5 Å². The second-order valence-electron chi connectivity index (χ2n) is 4.18. The van der Waals surface area contributed by atoms with Crippen LogP contribution >= 0.6 is 11.8 Å². The number of hydrogen-bond acceptors (Lipinski definition) is 3. The lowest BCUT2D eigenvalue weighted by Gasteiger charge is -2.27. The van der Waals surface area contributed by atoms with Crippen LogP contribution in [0.1, 0.15) is 26.7 Å². The highest BCUT2D eigenvalue weighted by Crippen LogP contribution is 2.09. The molecule has 1 rings (SSSR count). The summed E-state index contributed by atoms with van der Waals surface area (Å²) >= 11 is 1.93. The van der Waals surface area contributed by atoms with Crippen LogP contribution in [0.5, 0.6) is 0 Å². The molecule has 0 saturated carbocycles. The van der Waals surface area contributed by atoms with E-state index in [1.165, 1.54) is 0 Å². The van der Waals surface area contributed by atoms with Crippen LogP contribution in [0.4, 0.5) is 0 Å². The summed E-state index contributed by atoms with van der Waals surface area (Å²) < 4.78 is 0. The Morgan fingerprint density at radius 3 is 2.87 bits per heavy atom. The predicted octanol–water partition coefficient (Wildman–Crippen LogP) is 1.24. The van der Waals surface area contributed by atoms with E-state index in [4.69, 9.17) is 0 Å². The third-order valence-corrected chi connectivity index (χ3v) is 3.58. The molecule has 2 N–H and O–H groups in total. The van der Waals surface area contributed by atoms with E-state index in [0.717, 1.165) is 31.0 Å². The van der Waals surface area contributed by atoms with E-state index in [1.54, 1.807) is 0 Å². The van der Waals surface area contributed by atoms with Crippen molar-refractivity contribution >= 4 is 17.7 Å². The van der Waals surface area contributed by atoms with E-state index < -0.39 is 0 Å². The predicted molar refractivity (Wildman–Crippen MR) is 66.2 cm³/mol. The quantitative estimate of drug-likeness (QED) is 0.647. The second kappa shape index (κ2) is 7.12. The summed E-state index contributed by atoms with van der Waals surface area (Å²) in [5.74, 6) is 3.09. The van der Waals surface area contributed by atoms with Crippen LogP contribution in [0.3, 0.4) is 0 Å². The molecule has 1 fully saturated rings. The van der Waals surface area contributed by atoms with Gasteiger partial charge >= 0.3 is 0 Å². The van der Waals surface area contributed by atoms with Gasteiger partial charge in [0.1, 0.15) is 0 Å². The summed E-state index contributed by atoms with van der Waals surface area (Å²) in [6.45, 7) is 6.27. The van der Waals surface area contributed by atoms with Gasteiger partial charge in [0.2, 0.25) is 5.91 Å². The zero-order valence-corrected chi connectivity index (χ0v) is 10.5. The minimum absolute atomic E-state index is 0.218. The average Bonchev–Trinajstić information content (AvgIpc) is 2.12. The van der Waals surface area contributed by atoms with Crippen LogP contribution in [0.15, 0.2) is 0 Å². The highest BCUT2D eigenvalue weighted by atomic mass is 32.2. The number of carbonyl (C=O) groups excluding carboxylic acids is 1. The summed E-state index contributed by atoms with van der Waals surface area (Å²) in [4.78, 5) is 11.5. The Hall–Kier alpha value is -0.220. The average molecular weight is 230 g/mol. The van der Waals surface area contributed by atoms with Gasteiger partial charge < -0.3 is 10.6 Å². The largest absolute Gasteiger partial charge is 0.354 e. The molecule has 1 aliphatic heterocycles. The van der Waals surface area contributed by atoms with Crippen molar-refractivity contribution in [3.8, 4) is 0 Å². The fraction of sp³-hybridized carbons (Fsp3) is 0.909. The van der Waals surface area contributed by atoms with Gasteiger partial charge in [0.05, 0.1) is 0 Å². The van der Waals surface area contributed by atoms with Crippen LogP contribution < -0.4 is 10.6 Å². The highest BCUT2D eigenvalue weighted by molar-refractivity contribution is 7.99. The van der Waals surface area contributed by atoms with E-state index >= 15 is 0 Å². The van der Waals surface area contributed by atoms with Crippen molar-refractivity contribution in [3.63, 3.8) is 0 Å². The summed E-state index contributed by atoms with van der Waals surface area (Å²) in [6, 6.07) is 0.324. The van der Waals surface area contributed by atoms with Crippen LogP contribution in [-0.4, -0.2) is 36.5 Å². The fourth-order valence-corrected chi connectivity index (χ4v) is 2.37. The van der Waals surface area contributed by atoms with E-state index in [9.17, 15) is 4.79 Å². The fourth-order valence-electron chi connectivity index (χ4n) is 1.57. The maximum absolute atomic E-state index is 11.5. The zero-order valence-electron chi connectivity index (χ0n) is 9.71. The molecular weight excluding hydrogens is 208 g/mol. The third kappa shape index (κ3) is 5.42. The van der Waals surface area contributed by atoms with Gasteiger partial charge in [0, 0.05) is 12.5 Å². The van der Waals surface area contributed by atoms with Gasteiger partial charge in [-0.25, -0.2) is 0 Å². The maximum atomic E-state index is 11.5. The molecule has 0 aromatic carbocycles. The minimum Gasteiger partial charge on any atom is -0.354 e. The molecule has 0 bridgehead atoms. The molecule has 1 amide bonds. The van der Waals surface area contributed by atoms with Gasteiger partial charge in [-0.3, -0.25) is 4.79 Å². The van der Waals surface area contributed by atoms with Crippen molar-refractivity contribution in [2.45, 2.75) is 32.7 Å². The van der Waals surface area contributed by atoms with Crippen molar-refractivity contribution in [1.29, 1.82) is 0 Å². The topological polar surface area (TPSA) is 41.1 Å². The van der Waals surface area contributed by atoms with Gasteiger partial charge in [-0.2, -0.15) is 11.8 Å². The normalized spacial score (nSPS) is 18.3. The molecule has 15 heavy (non-hydrogen) atoms. The molecule has 1 heterocycles. The van der Waals surface area contributed by atoms with E-state index in [-0.39, 0.29) is 5.91 Å².